The van der Waals surface area contributed by atoms with Gasteiger partial charge in [0.1, 0.15) is 0 Å². The topological polar surface area (TPSA) is 12.0 Å². The van der Waals surface area contributed by atoms with E-state index in [4.69, 9.17) is 0 Å². The molecule has 82 valence electrons. The second-order valence-corrected chi connectivity index (χ2v) is 4.13. The van der Waals surface area contributed by atoms with Crippen LogP contribution in [0.1, 0.15) is 38.2 Å². The summed E-state index contributed by atoms with van der Waals surface area (Å²) in [5.74, 6) is 0.611. The minimum absolute atomic E-state index is 0.611. The number of unbranched alkanes of at least 4 members (excludes halogenated alkanes) is 1. The van der Waals surface area contributed by atoms with Gasteiger partial charge in [0.15, 0.2) is 0 Å². The zero-order chi connectivity index (χ0) is 11.1. The summed E-state index contributed by atoms with van der Waals surface area (Å²) in [7, 11) is 0. The van der Waals surface area contributed by atoms with Crippen LogP contribution in [0.15, 0.2) is 36.9 Å². The van der Waals surface area contributed by atoms with Crippen LogP contribution in [0, 0.1) is 0 Å². The molecule has 1 nitrogen and oxygen atoms in total. The quantitative estimate of drug-likeness (QED) is 0.540. The maximum Gasteiger partial charge on any atom is 0.0340 e. The Bertz CT molecular complexity index is 285. The average Bonchev–Trinajstić information content (AvgIpc) is 2.25. The number of hydrogen-bond acceptors (Lipinski definition) is 1. The molecule has 0 atom stereocenters. The second kappa shape index (κ2) is 6.28. The lowest BCUT2D eigenvalue weighted by Crippen LogP contribution is -2.00. The van der Waals surface area contributed by atoms with Crippen LogP contribution in [0.25, 0.3) is 0 Å². The molecule has 0 spiro atoms. The Morgan fingerprint density at radius 3 is 2.47 bits per heavy atom. The molecule has 0 unspecified atom stereocenters. The van der Waals surface area contributed by atoms with Crippen LogP contribution in [0.5, 0.6) is 0 Å². The van der Waals surface area contributed by atoms with Crippen molar-refractivity contribution in [1.82, 2.24) is 0 Å². The molecule has 1 heteroatoms. The fourth-order valence-corrected chi connectivity index (χ4v) is 1.46. The maximum atomic E-state index is 3.71. The molecule has 1 aromatic rings. The van der Waals surface area contributed by atoms with Gasteiger partial charge in [0.05, 0.1) is 0 Å². The predicted octanol–water partition coefficient (Wildman–Crippen LogP) is 4.19. The summed E-state index contributed by atoms with van der Waals surface area (Å²) < 4.78 is 0. The lowest BCUT2D eigenvalue weighted by molar-refractivity contribution is 0.865. The number of benzene rings is 1. The minimum atomic E-state index is 0.611. The molecule has 0 aliphatic rings. The smallest absolute Gasteiger partial charge is 0.0340 e. The van der Waals surface area contributed by atoms with Crippen LogP contribution in [0.2, 0.25) is 0 Å². The molecular weight excluding hydrogens is 182 g/mol. The monoisotopic (exact) mass is 203 g/mol. The molecule has 0 aliphatic heterocycles. The molecule has 1 N–H and O–H groups in total. The highest BCUT2D eigenvalue weighted by Crippen LogP contribution is 2.16. The van der Waals surface area contributed by atoms with Crippen molar-refractivity contribution in [2.45, 2.75) is 32.6 Å². The van der Waals surface area contributed by atoms with E-state index < -0.39 is 0 Å². The normalized spacial score (nSPS) is 10.3. The van der Waals surface area contributed by atoms with Crippen LogP contribution in [0.4, 0.5) is 5.69 Å². The first-order valence-corrected chi connectivity index (χ1v) is 5.68. The fraction of sp³-hybridized carbons (Fsp3) is 0.429. The standard InChI is InChI=1S/C14H21N/c1-4-5-6-11-15-14-9-7-13(8-10-14)12(2)3/h4,7-10,12,15H,1,5-6,11H2,2-3H3. The van der Waals surface area contributed by atoms with E-state index in [1.165, 1.54) is 11.3 Å². The van der Waals surface area contributed by atoms with Gasteiger partial charge in [0.2, 0.25) is 0 Å². The lowest BCUT2D eigenvalue weighted by Gasteiger charge is -2.08. The number of allylic oxidation sites excluding steroid dienone is 1. The van der Waals surface area contributed by atoms with Gasteiger partial charge >= 0.3 is 0 Å². The molecule has 15 heavy (non-hydrogen) atoms. The summed E-state index contributed by atoms with van der Waals surface area (Å²) in [5, 5.41) is 3.40. The molecule has 0 bridgehead atoms. The van der Waals surface area contributed by atoms with Crippen molar-refractivity contribution < 1.29 is 0 Å². The van der Waals surface area contributed by atoms with Gasteiger partial charge in [-0.25, -0.2) is 0 Å². The van der Waals surface area contributed by atoms with Crippen LogP contribution < -0.4 is 5.32 Å². The fourth-order valence-electron chi connectivity index (χ4n) is 1.46. The summed E-state index contributed by atoms with van der Waals surface area (Å²) in [4.78, 5) is 0. The Morgan fingerprint density at radius 2 is 1.93 bits per heavy atom. The Kier molecular flexibility index (Phi) is 4.96. The van der Waals surface area contributed by atoms with Crippen molar-refractivity contribution in [3.63, 3.8) is 0 Å². The molecule has 1 rings (SSSR count). The third-order valence-corrected chi connectivity index (χ3v) is 2.49. The Morgan fingerprint density at radius 1 is 1.27 bits per heavy atom. The summed E-state index contributed by atoms with van der Waals surface area (Å²) in [6.45, 7) is 9.16. The Balaban J connectivity index is 2.39. The summed E-state index contributed by atoms with van der Waals surface area (Å²) in [6.07, 6.45) is 4.19. The zero-order valence-electron chi connectivity index (χ0n) is 9.79. The summed E-state index contributed by atoms with van der Waals surface area (Å²) in [6, 6.07) is 8.70. The maximum absolute atomic E-state index is 3.71. The van der Waals surface area contributed by atoms with Gasteiger partial charge in [-0.15, -0.1) is 6.58 Å². The van der Waals surface area contributed by atoms with Crippen molar-refractivity contribution in [2.75, 3.05) is 11.9 Å². The highest BCUT2D eigenvalue weighted by Gasteiger charge is 1.97. The minimum Gasteiger partial charge on any atom is -0.385 e. The zero-order valence-corrected chi connectivity index (χ0v) is 9.79. The molecule has 0 aromatic heterocycles. The molecule has 0 saturated heterocycles. The van der Waals surface area contributed by atoms with Gasteiger partial charge in [0.25, 0.3) is 0 Å². The number of hydrogen-bond donors (Lipinski definition) is 1. The van der Waals surface area contributed by atoms with Crippen molar-refractivity contribution in [2.24, 2.45) is 0 Å². The third kappa shape index (κ3) is 4.20. The van der Waals surface area contributed by atoms with Crippen LogP contribution in [0.3, 0.4) is 0 Å². The summed E-state index contributed by atoms with van der Waals surface area (Å²) >= 11 is 0. The lowest BCUT2D eigenvalue weighted by atomic mass is 10.0. The van der Waals surface area contributed by atoms with E-state index in [0.29, 0.717) is 5.92 Å². The van der Waals surface area contributed by atoms with Gasteiger partial charge in [-0.1, -0.05) is 32.1 Å². The highest BCUT2D eigenvalue weighted by atomic mass is 14.9. The van der Waals surface area contributed by atoms with E-state index in [9.17, 15) is 0 Å². The van der Waals surface area contributed by atoms with Gasteiger partial charge in [-0.2, -0.15) is 0 Å². The first-order chi connectivity index (χ1) is 7.24. The van der Waals surface area contributed by atoms with E-state index in [1.807, 2.05) is 6.08 Å². The van der Waals surface area contributed by atoms with Crippen LogP contribution in [-0.4, -0.2) is 6.54 Å². The second-order valence-electron chi connectivity index (χ2n) is 4.13. The van der Waals surface area contributed by atoms with Gasteiger partial charge in [-0.3, -0.25) is 0 Å². The van der Waals surface area contributed by atoms with E-state index in [1.54, 1.807) is 0 Å². The molecule has 0 amide bonds. The highest BCUT2D eigenvalue weighted by molar-refractivity contribution is 5.44. The molecule has 1 aromatic carbocycles. The van der Waals surface area contributed by atoms with Crippen molar-refractivity contribution in [3.05, 3.63) is 42.5 Å². The van der Waals surface area contributed by atoms with Crippen LogP contribution in [-0.2, 0) is 0 Å². The first kappa shape index (κ1) is 11.8. The van der Waals surface area contributed by atoms with Gasteiger partial charge in [0, 0.05) is 12.2 Å². The average molecular weight is 203 g/mol. The predicted molar refractivity (Wildman–Crippen MR) is 68.5 cm³/mol. The van der Waals surface area contributed by atoms with Crippen molar-refractivity contribution >= 4 is 5.69 Å². The number of nitrogens with one attached hydrogen (secondary N) is 1. The SMILES string of the molecule is C=CCCCNc1ccc(C(C)C)cc1. The van der Waals surface area contributed by atoms with Gasteiger partial charge in [-0.05, 0) is 36.5 Å². The molecule has 0 radical (unpaired) electrons. The number of rotatable bonds is 6. The van der Waals surface area contributed by atoms with E-state index in [2.05, 4.69) is 50.0 Å². The molecule has 0 heterocycles. The molecule has 0 fully saturated rings. The van der Waals surface area contributed by atoms with Gasteiger partial charge < -0.3 is 5.32 Å². The van der Waals surface area contributed by atoms with Crippen molar-refractivity contribution in [3.8, 4) is 0 Å². The van der Waals surface area contributed by atoms with E-state index in [0.717, 1.165) is 19.4 Å². The summed E-state index contributed by atoms with van der Waals surface area (Å²) in [5.41, 5.74) is 2.61. The Labute approximate surface area is 93.2 Å². The molecule has 0 aliphatic carbocycles. The largest absolute Gasteiger partial charge is 0.385 e. The first-order valence-electron chi connectivity index (χ1n) is 5.68. The van der Waals surface area contributed by atoms with E-state index in [-0.39, 0.29) is 0 Å². The van der Waals surface area contributed by atoms with Crippen LogP contribution >= 0.6 is 0 Å². The Hall–Kier alpha value is -1.24. The van der Waals surface area contributed by atoms with E-state index >= 15 is 0 Å². The molecule has 0 saturated carbocycles. The molecular formula is C14H21N. The number of anilines is 1. The third-order valence-electron chi connectivity index (χ3n) is 2.49. The van der Waals surface area contributed by atoms with Crippen molar-refractivity contribution in [1.29, 1.82) is 0 Å².